The number of carbonyl (C=O) groups excluding carboxylic acids is 1. The van der Waals surface area contributed by atoms with Crippen LogP contribution in [-0.2, 0) is 11.2 Å². The number of nitrogens with two attached hydrogens (primary N) is 1. The molecule has 1 aromatic carbocycles. The molecule has 0 bridgehead atoms. The number of ether oxygens (including phenoxy) is 1. The van der Waals surface area contributed by atoms with Crippen molar-refractivity contribution >= 4 is 5.91 Å². The fourth-order valence-electron chi connectivity index (χ4n) is 1.55. The van der Waals surface area contributed by atoms with Gasteiger partial charge in [0.05, 0.1) is 13.0 Å². The highest BCUT2D eigenvalue weighted by Crippen LogP contribution is 2.14. The lowest BCUT2D eigenvalue weighted by atomic mass is 10.1. The second-order valence-corrected chi connectivity index (χ2v) is 4.44. The van der Waals surface area contributed by atoms with Crippen molar-refractivity contribution < 1.29 is 9.53 Å². The summed E-state index contributed by atoms with van der Waals surface area (Å²) in [4.78, 5) is 10.6. The Labute approximate surface area is 109 Å². The van der Waals surface area contributed by atoms with Crippen LogP contribution in [0.25, 0.3) is 0 Å². The molecule has 4 heteroatoms. The lowest BCUT2D eigenvalue weighted by molar-refractivity contribution is -0.118. The molecule has 0 aliphatic carbocycles. The van der Waals surface area contributed by atoms with E-state index in [9.17, 15) is 4.79 Å². The van der Waals surface area contributed by atoms with E-state index >= 15 is 0 Å². The molecule has 0 aliphatic rings. The molecule has 0 radical (unpaired) electrons. The Bertz CT molecular complexity index is 363. The number of primary amides is 1. The number of benzene rings is 1. The zero-order valence-corrected chi connectivity index (χ0v) is 11.1. The number of rotatable bonds is 8. The molecule has 0 saturated carbocycles. The van der Waals surface area contributed by atoms with E-state index in [0.717, 1.165) is 18.6 Å². The Kier molecular flexibility index (Phi) is 6.22. The van der Waals surface area contributed by atoms with Gasteiger partial charge in [0.15, 0.2) is 0 Å². The zero-order valence-electron chi connectivity index (χ0n) is 11.1. The highest BCUT2D eigenvalue weighted by Gasteiger charge is 2.01. The normalized spacial score (nSPS) is 12.1. The standard InChI is InChI=1S/C14H22N2O2/c1-11(16-2)3-4-12-5-7-13(8-6-12)18-10-9-14(15)17/h5-8,11,16H,3-4,9-10H2,1-2H3,(H2,15,17). The minimum absolute atomic E-state index is 0.251. The number of nitrogens with one attached hydrogen (secondary N) is 1. The molecular weight excluding hydrogens is 228 g/mol. The third-order valence-corrected chi connectivity index (χ3v) is 2.90. The van der Waals surface area contributed by atoms with Gasteiger partial charge in [-0.1, -0.05) is 12.1 Å². The number of hydrogen-bond donors (Lipinski definition) is 2. The molecule has 0 aromatic heterocycles. The zero-order chi connectivity index (χ0) is 13.4. The summed E-state index contributed by atoms with van der Waals surface area (Å²) in [5.74, 6) is 0.439. The van der Waals surface area contributed by atoms with Crippen molar-refractivity contribution in [1.82, 2.24) is 5.32 Å². The molecule has 1 rings (SSSR count). The molecule has 0 saturated heterocycles. The van der Waals surface area contributed by atoms with E-state index < -0.39 is 0 Å². The number of aryl methyl sites for hydroxylation is 1. The first-order valence-corrected chi connectivity index (χ1v) is 6.29. The quantitative estimate of drug-likeness (QED) is 0.734. The van der Waals surface area contributed by atoms with Crippen LogP contribution in [0.15, 0.2) is 24.3 Å². The number of hydrogen-bond acceptors (Lipinski definition) is 3. The van der Waals surface area contributed by atoms with Crippen molar-refractivity contribution in [3.63, 3.8) is 0 Å². The number of amides is 1. The van der Waals surface area contributed by atoms with Crippen LogP contribution >= 0.6 is 0 Å². The topological polar surface area (TPSA) is 64.3 Å². The van der Waals surface area contributed by atoms with Gasteiger partial charge in [-0.3, -0.25) is 4.79 Å². The Morgan fingerprint density at radius 3 is 2.61 bits per heavy atom. The number of carbonyl (C=O) groups is 1. The first kappa shape index (κ1) is 14.5. The molecule has 1 amide bonds. The molecule has 0 fully saturated rings. The van der Waals surface area contributed by atoms with Gasteiger partial charge in [-0.2, -0.15) is 0 Å². The van der Waals surface area contributed by atoms with Crippen LogP contribution in [0.4, 0.5) is 0 Å². The smallest absolute Gasteiger partial charge is 0.220 e. The van der Waals surface area contributed by atoms with E-state index in [1.54, 1.807) is 0 Å². The van der Waals surface area contributed by atoms with Gasteiger partial charge in [-0.05, 0) is 44.5 Å². The van der Waals surface area contributed by atoms with E-state index in [4.69, 9.17) is 10.5 Å². The van der Waals surface area contributed by atoms with Gasteiger partial charge < -0.3 is 15.8 Å². The summed E-state index contributed by atoms with van der Waals surface area (Å²) in [6, 6.07) is 8.50. The molecule has 100 valence electrons. The fraction of sp³-hybridized carbons (Fsp3) is 0.500. The lowest BCUT2D eigenvalue weighted by Gasteiger charge is -2.10. The molecular formula is C14H22N2O2. The SMILES string of the molecule is CNC(C)CCc1ccc(OCCC(N)=O)cc1. The van der Waals surface area contributed by atoms with Gasteiger partial charge >= 0.3 is 0 Å². The Morgan fingerprint density at radius 2 is 2.06 bits per heavy atom. The van der Waals surface area contributed by atoms with E-state index in [-0.39, 0.29) is 12.3 Å². The second-order valence-electron chi connectivity index (χ2n) is 4.44. The van der Waals surface area contributed by atoms with Gasteiger partial charge in [0, 0.05) is 6.04 Å². The largest absolute Gasteiger partial charge is 0.493 e. The van der Waals surface area contributed by atoms with Crippen molar-refractivity contribution in [3.05, 3.63) is 29.8 Å². The van der Waals surface area contributed by atoms with Crippen molar-refractivity contribution in [2.24, 2.45) is 5.73 Å². The fourth-order valence-corrected chi connectivity index (χ4v) is 1.55. The Hall–Kier alpha value is -1.55. The summed E-state index contributed by atoms with van der Waals surface area (Å²) >= 11 is 0. The summed E-state index contributed by atoms with van der Waals surface area (Å²) in [5, 5.41) is 3.22. The van der Waals surface area contributed by atoms with Gasteiger partial charge in [0.2, 0.25) is 5.91 Å². The third kappa shape index (κ3) is 5.68. The van der Waals surface area contributed by atoms with E-state index in [0.29, 0.717) is 12.6 Å². The van der Waals surface area contributed by atoms with Gasteiger partial charge in [0.1, 0.15) is 5.75 Å². The average Bonchev–Trinajstić information content (AvgIpc) is 2.37. The summed E-state index contributed by atoms with van der Waals surface area (Å²) < 4.78 is 5.41. The minimum atomic E-state index is -0.340. The maximum absolute atomic E-state index is 10.6. The predicted octanol–water partition coefficient (Wildman–Crippen LogP) is 1.48. The van der Waals surface area contributed by atoms with Gasteiger partial charge in [-0.15, -0.1) is 0 Å². The van der Waals surface area contributed by atoms with Crippen molar-refractivity contribution in [1.29, 1.82) is 0 Å². The Balaban J connectivity index is 2.35. The van der Waals surface area contributed by atoms with E-state index in [1.807, 2.05) is 19.2 Å². The molecule has 3 N–H and O–H groups in total. The van der Waals surface area contributed by atoms with Gasteiger partial charge in [-0.25, -0.2) is 0 Å². The summed E-state index contributed by atoms with van der Waals surface area (Å²) in [7, 11) is 1.97. The third-order valence-electron chi connectivity index (χ3n) is 2.90. The van der Waals surface area contributed by atoms with Crippen LogP contribution in [0.5, 0.6) is 5.75 Å². The Morgan fingerprint density at radius 1 is 1.39 bits per heavy atom. The molecule has 4 nitrogen and oxygen atoms in total. The van der Waals surface area contributed by atoms with Crippen LogP contribution in [0.1, 0.15) is 25.3 Å². The van der Waals surface area contributed by atoms with Crippen LogP contribution in [-0.4, -0.2) is 25.6 Å². The predicted molar refractivity (Wildman–Crippen MR) is 72.6 cm³/mol. The first-order chi connectivity index (χ1) is 8.61. The van der Waals surface area contributed by atoms with E-state index in [1.165, 1.54) is 5.56 Å². The second kappa shape index (κ2) is 7.71. The summed E-state index contributed by atoms with van der Waals surface area (Å²) in [6.07, 6.45) is 2.41. The summed E-state index contributed by atoms with van der Waals surface area (Å²) in [6.45, 7) is 2.51. The van der Waals surface area contributed by atoms with Crippen LogP contribution in [0.2, 0.25) is 0 Å². The van der Waals surface area contributed by atoms with E-state index in [2.05, 4.69) is 24.4 Å². The molecule has 1 unspecified atom stereocenters. The van der Waals surface area contributed by atoms with Crippen molar-refractivity contribution in [2.75, 3.05) is 13.7 Å². The van der Waals surface area contributed by atoms with Crippen LogP contribution in [0, 0.1) is 0 Å². The highest BCUT2D eigenvalue weighted by molar-refractivity contribution is 5.73. The minimum Gasteiger partial charge on any atom is -0.493 e. The first-order valence-electron chi connectivity index (χ1n) is 6.29. The van der Waals surface area contributed by atoms with Crippen LogP contribution in [0.3, 0.4) is 0 Å². The highest BCUT2D eigenvalue weighted by atomic mass is 16.5. The summed E-state index contributed by atoms with van der Waals surface area (Å²) in [5.41, 5.74) is 6.33. The molecule has 0 spiro atoms. The molecule has 1 atom stereocenters. The average molecular weight is 250 g/mol. The molecule has 1 aromatic rings. The maximum atomic E-state index is 10.6. The maximum Gasteiger partial charge on any atom is 0.220 e. The lowest BCUT2D eigenvalue weighted by Crippen LogP contribution is -2.21. The van der Waals surface area contributed by atoms with Crippen molar-refractivity contribution in [2.45, 2.75) is 32.2 Å². The molecule has 0 heterocycles. The molecule has 0 aliphatic heterocycles. The molecule has 18 heavy (non-hydrogen) atoms. The van der Waals surface area contributed by atoms with Crippen LogP contribution < -0.4 is 15.8 Å². The monoisotopic (exact) mass is 250 g/mol. The van der Waals surface area contributed by atoms with Crippen molar-refractivity contribution in [3.8, 4) is 5.75 Å². The van der Waals surface area contributed by atoms with Gasteiger partial charge in [0.25, 0.3) is 0 Å².